The SMILES string of the molecule is [2H][13C]([2H])([2H])N1CC[C@]23c4c5ccc(OC)c4O[C@H]2C(=O)CC[C@@]3(O)[C@H]1C5. The van der Waals surface area contributed by atoms with E-state index in [0.29, 0.717) is 30.9 Å². The summed E-state index contributed by atoms with van der Waals surface area (Å²) < 4.78 is 35.3. The van der Waals surface area contributed by atoms with Gasteiger partial charge in [0.2, 0.25) is 0 Å². The number of benzene rings is 1. The zero-order valence-corrected chi connectivity index (χ0v) is 13.0. The van der Waals surface area contributed by atoms with E-state index in [0.717, 1.165) is 11.1 Å². The average molecular weight is 319 g/mol. The van der Waals surface area contributed by atoms with Crippen molar-refractivity contribution in [2.45, 2.75) is 48.8 Å². The maximum atomic E-state index is 12.7. The van der Waals surface area contributed by atoms with Crippen LogP contribution >= 0.6 is 0 Å². The molecule has 5 heteroatoms. The van der Waals surface area contributed by atoms with Crippen LogP contribution in [0.4, 0.5) is 0 Å². The number of nitrogens with zero attached hydrogens (tertiary/aromatic N) is 1. The third kappa shape index (κ3) is 1.32. The van der Waals surface area contributed by atoms with Crippen LogP contribution in [-0.4, -0.2) is 54.2 Å². The lowest BCUT2D eigenvalue weighted by Crippen LogP contribution is -2.76. The van der Waals surface area contributed by atoms with Crippen molar-refractivity contribution < 1.29 is 23.5 Å². The summed E-state index contributed by atoms with van der Waals surface area (Å²) in [5.41, 5.74) is -0.379. The van der Waals surface area contributed by atoms with Crippen LogP contribution in [0.5, 0.6) is 11.5 Å². The molecule has 1 saturated heterocycles. The van der Waals surface area contributed by atoms with Crippen LogP contribution in [-0.2, 0) is 16.6 Å². The van der Waals surface area contributed by atoms with Gasteiger partial charge < -0.3 is 19.5 Å². The van der Waals surface area contributed by atoms with E-state index < -0.39 is 30.1 Å². The number of hydrogen-bond acceptors (Lipinski definition) is 5. The molecule has 0 amide bonds. The fourth-order valence-corrected chi connectivity index (χ4v) is 5.48. The summed E-state index contributed by atoms with van der Waals surface area (Å²) >= 11 is 0. The molecule has 2 aliphatic carbocycles. The summed E-state index contributed by atoms with van der Waals surface area (Å²) in [5, 5.41) is 11.9. The Morgan fingerprint density at radius 2 is 2.35 bits per heavy atom. The van der Waals surface area contributed by atoms with Crippen LogP contribution in [0, 0.1) is 0 Å². The van der Waals surface area contributed by atoms with Crippen molar-refractivity contribution in [3.63, 3.8) is 0 Å². The van der Waals surface area contributed by atoms with Crippen LogP contribution in [0.3, 0.4) is 0 Å². The first-order chi connectivity index (χ1) is 12.2. The third-order valence-electron chi connectivity index (χ3n) is 6.46. The number of carbonyl (C=O) groups excluding carboxylic acids is 1. The summed E-state index contributed by atoms with van der Waals surface area (Å²) in [6.45, 7) is -1.99. The number of piperidine rings is 1. The minimum absolute atomic E-state index is 0.0261. The number of ketones is 1. The van der Waals surface area contributed by atoms with Crippen LogP contribution in [0.15, 0.2) is 12.1 Å². The van der Waals surface area contributed by atoms with Crippen molar-refractivity contribution in [3.8, 4) is 11.5 Å². The number of methoxy groups -OCH3 is 1. The topological polar surface area (TPSA) is 59.0 Å². The van der Waals surface area contributed by atoms with Gasteiger partial charge in [0.25, 0.3) is 0 Å². The number of likely N-dealkylation sites (N-methyl/N-ethyl adjacent to an activating group) is 1. The lowest BCUT2D eigenvalue weighted by molar-refractivity contribution is -0.185. The van der Waals surface area contributed by atoms with Crippen molar-refractivity contribution in [2.24, 2.45) is 0 Å². The van der Waals surface area contributed by atoms with E-state index in [1.165, 1.54) is 4.90 Å². The average Bonchev–Trinajstić information content (AvgIpc) is 2.92. The molecule has 1 spiro atoms. The molecule has 2 fully saturated rings. The van der Waals surface area contributed by atoms with Gasteiger partial charge in [-0.15, -0.1) is 0 Å². The van der Waals surface area contributed by atoms with Gasteiger partial charge in [0.15, 0.2) is 23.4 Å². The minimum atomic E-state index is -2.29. The Balaban J connectivity index is 1.80. The van der Waals surface area contributed by atoms with Gasteiger partial charge in [-0.1, -0.05) is 6.07 Å². The molecule has 0 unspecified atom stereocenters. The van der Waals surface area contributed by atoms with Crippen molar-refractivity contribution in [2.75, 3.05) is 20.6 Å². The number of aliphatic hydroxyl groups is 1. The molecule has 2 bridgehead atoms. The fraction of sp³-hybridized carbons (Fsp3) is 0.611. The first-order valence-corrected chi connectivity index (χ1v) is 8.13. The molecule has 0 radical (unpaired) electrons. The van der Waals surface area contributed by atoms with E-state index in [4.69, 9.17) is 13.6 Å². The number of Topliss-reactive ketones (excluding diaryl/α,β-unsaturated/α-hetero) is 1. The van der Waals surface area contributed by atoms with E-state index in [1.54, 1.807) is 13.2 Å². The summed E-state index contributed by atoms with van der Waals surface area (Å²) in [6, 6.07) is 3.15. The lowest BCUT2D eigenvalue weighted by Gasteiger charge is -2.62. The molecule has 5 nitrogen and oxygen atoms in total. The van der Waals surface area contributed by atoms with Gasteiger partial charge in [-0.05, 0) is 44.4 Å². The van der Waals surface area contributed by atoms with E-state index >= 15 is 0 Å². The summed E-state index contributed by atoms with van der Waals surface area (Å²) in [4.78, 5) is 14.2. The fourth-order valence-electron chi connectivity index (χ4n) is 5.48. The summed E-state index contributed by atoms with van der Waals surface area (Å²) in [5.74, 6) is 1.07. The molecular weight excluding hydrogens is 295 g/mol. The van der Waals surface area contributed by atoms with E-state index in [9.17, 15) is 9.90 Å². The van der Waals surface area contributed by atoms with Crippen LogP contribution in [0.1, 0.15) is 34.5 Å². The highest BCUT2D eigenvalue weighted by molar-refractivity contribution is 5.90. The highest BCUT2D eigenvalue weighted by Crippen LogP contribution is 2.64. The van der Waals surface area contributed by atoms with Gasteiger partial charge in [0.1, 0.15) is 0 Å². The van der Waals surface area contributed by atoms with Crippen LogP contribution in [0.2, 0.25) is 0 Å². The minimum Gasteiger partial charge on any atom is -0.493 e. The molecule has 5 rings (SSSR count). The quantitative estimate of drug-likeness (QED) is 0.784. The molecule has 4 atom stereocenters. The molecule has 122 valence electrons. The van der Waals surface area contributed by atoms with Crippen LogP contribution in [0.25, 0.3) is 0 Å². The standard InChI is InChI=1S/C18H21NO4/c1-19-8-7-17-14-10-3-4-12(22-2)15(14)23-16(17)11(20)5-6-18(17,21)13(19)9-10/h3-4,13,16,21H,5-9H2,1-2H3/t13-,16+,17+,18-/m1/s1/i1+1D3. The predicted octanol–water partition coefficient (Wildman–Crippen LogP) is 1.05. The van der Waals surface area contributed by atoms with Gasteiger partial charge in [-0.25, -0.2) is 0 Å². The molecular formula is C18H21NO4. The number of rotatable bonds is 1. The molecule has 23 heavy (non-hydrogen) atoms. The van der Waals surface area contributed by atoms with Crippen LogP contribution < -0.4 is 9.47 Å². The van der Waals surface area contributed by atoms with Crippen molar-refractivity contribution >= 4 is 5.78 Å². The van der Waals surface area contributed by atoms with Gasteiger partial charge in [-0.3, -0.25) is 4.79 Å². The van der Waals surface area contributed by atoms with E-state index in [2.05, 4.69) is 0 Å². The van der Waals surface area contributed by atoms with Gasteiger partial charge in [0, 0.05) is 22.1 Å². The van der Waals surface area contributed by atoms with Gasteiger partial charge in [-0.2, -0.15) is 0 Å². The van der Waals surface area contributed by atoms with E-state index in [1.807, 2.05) is 6.07 Å². The maximum Gasteiger partial charge on any atom is 0.174 e. The highest BCUT2D eigenvalue weighted by atomic mass is 16.5. The zero-order chi connectivity index (χ0) is 18.5. The largest absolute Gasteiger partial charge is 0.493 e. The van der Waals surface area contributed by atoms with Gasteiger partial charge in [0.05, 0.1) is 18.1 Å². The second-order valence-electron chi connectivity index (χ2n) is 7.15. The smallest absolute Gasteiger partial charge is 0.174 e. The third-order valence-corrected chi connectivity index (χ3v) is 6.46. The Bertz CT molecular complexity index is 825. The van der Waals surface area contributed by atoms with Crippen molar-refractivity contribution in [1.29, 1.82) is 0 Å². The first kappa shape index (κ1) is 11.0. The molecule has 1 aromatic carbocycles. The Morgan fingerprint density at radius 3 is 3.13 bits per heavy atom. The summed E-state index contributed by atoms with van der Waals surface area (Å²) in [7, 11) is 1.55. The normalized spacial score (nSPS) is 43.0. The Morgan fingerprint density at radius 1 is 1.48 bits per heavy atom. The molecule has 4 aliphatic rings. The van der Waals surface area contributed by atoms with E-state index in [-0.39, 0.29) is 18.6 Å². The second-order valence-corrected chi connectivity index (χ2v) is 7.15. The van der Waals surface area contributed by atoms with Crippen molar-refractivity contribution in [3.05, 3.63) is 23.3 Å². The monoisotopic (exact) mass is 319 g/mol. The lowest BCUT2D eigenvalue weighted by atomic mass is 9.49. The van der Waals surface area contributed by atoms with Crippen molar-refractivity contribution in [1.82, 2.24) is 4.90 Å². The predicted molar refractivity (Wildman–Crippen MR) is 83.0 cm³/mol. The molecule has 1 N–H and O–H groups in total. The number of hydrogen-bond donors (Lipinski definition) is 1. The second kappa shape index (κ2) is 4.08. The zero-order valence-electron chi connectivity index (χ0n) is 16.0. The molecule has 2 heterocycles. The number of likely N-dealkylation sites (tertiary alicyclic amines) is 1. The Kier molecular flexibility index (Phi) is 1.96. The Hall–Kier alpha value is -1.59. The number of carbonyl (C=O) groups is 1. The molecule has 0 aromatic heterocycles. The molecule has 1 aromatic rings. The highest BCUT2D eigenvalue weighted by Gasteiger charge is 2.72. The number of ether oxygens (including phenoxy) is 2. The Labute approximate surface area is 139 Å². The molecule has 1 saturated carbocycles. The van der Waals surface area contributed by atoms with Gasteiger partial charge >= 0.3 is 0 Å². The summed E-state index contributed by atoms with van der Waals surface area (Å²) in [6.07, 6.45) is 0.488. The molecule has 2 aliphatic heterocycles. The first-order valence-electron chi connectivity index (χ1n) is 9.63. The maximum absolute atomic E-state index is 12.7.